The normalized spacial score (nSPS) is 21.7. The quantitative estimate of drug-likeness (QED) is 0.486. The summed E-state index contributed by atoms with van der Waals surface area (Å²) in [5.41, 5.74) is 0. The van der Waals surface area contributed by atoms with E-state index >= 15 is 0 Å². The molecule has 0 saturated carbocycles. The van der Waals surface area contributed by atoms with Crippen LogP contribution in [0, 0.1) is 0 Å². The zero-order valence-electron chi connectivity index (χ0n) is 11.1. The van der Waals surface area contributed by atoms with E-state index in [0.717, 1.165) is 19.1 Å². The van der Waals surface area contributed by atoms with Crippen LogP contribution in [0.25, 0.3) is 0 Å². The summed E-state index contributed by atoms with van der Waals surface area (Å²) in [4.78, 5) is 0. The third kappa shape index (κ3) is 5.94. The summed E-state index contributed by atoms with van der Waals surface area (Å²) in [5, 5.41) is 0. The zero-order chi connectivity index (χ0) is 12.6. The Morgan fingerprint density at radius 2 is 2.00 bits per heavy atom. The van der Waals surface area contributed by atoms with Crippen LogP contribution in [0.5, 0.6) is 0 Å². The van der Waals surface area contributed by atoms with Crippen molar-refractivity contribution in [3.05, 3.63) is 0 Å². The molecule has 1 aliphatic heterocycles. The fourth-order valence-electron chi connectivity index (χ4n) is 1.63. The first-order valence-electron chi connectivity index (χ1n) is 6.07. The minimum atomic E-state index is -1.92. The molecule has 1 unspecified atom stereocenters. The molecule has 0 aliphatic carbocycles. The van der Waals surface area contributed by atoms with Crippen molar-refractivity contribution in [2.75, 3.05) is 47.3 Å². The second kappa shape index (κ2) is 8.18. The molecule has 1 rings (SSSR count). The van der Waals surface area contributed by atoms with Crippen molar-refractivity contribution in [3.8, 4) is 0 Å². The fraction of sp³-hybridized carbons (Fsp3) is 1.00. The van der Waals surface area contributed by atoms with Gasteiger partial charge in [-0.15, -0.1) is 0 Å². The molecule has 5 nitrogen and oxygen atoms in total. The summed E-state index contributed by atoms with van der Waals surface area (Å²) in [5.74, 6) is 0. The van der Waals surface area contributed by atoms with Gasteiger partial charge in [-0.3, -0.25) is 0 Å². The summed E-state index contributed by atoms with van der Waals surface area (Å²) in [6.45, 7) is 5.40. The summed E-state index contributed by atoms with van der Waals surface area (Å²) in [6.07, 6.45) is 1.05. The fourth-order valence-corrected chi connectivity index (χ4v) is 2.99. The Bertz CT molecular complexity index is 192. The van der Waals surface area contributed by atoms with Crippen LogP contribution in [0.15, 0.2) is 0 Å². The number of hydrogen-bond acceptors (Lipinski definition) is 5. The van der Waals surface area contributed by atoms with E-state index in [9.17, 15) is 0 Å². The van der Waals surface area contributed by atoms with E-state index in [1.807, 2.05) is 0 Å². The number of rotatable bonds is 8. The minimum Gasteiger partial charge on any atom is -0.398 e. The first kappa shape index (κ1) is 15.1. The van der Waals surface area contributed by atoms with E-state index in [-0.39, 0.29) is 6.10 Å². The van der Waals surface area contributed by atoms with Gasteiger partial charge in [0.1, 0.15) is 6.10 Å². The summed E-state index contributed by atoms with van der Waals surface area (Å²) < 4.78 is 27.1. The molecule has 17 heavy (non-hydrogen) atoms. The highest BCUT2D eigenvalue weighted by atomic mass is 28.4. The Labute approximate surface area is 105 Å². The average molecular weight is 264 g/mol. The van der Waals surface area contributed by atoms with E-state index in [1.165, 1.54) is 0 Å². The van der Waals surface area contributed by atoms with Gasteiger partial charge in [0, 0.05) is 20.8 Å². The summed E-state index contributed by atoms with van der Waals surface area (Å²) in [7, 11) is 1.50. The lowest BCUT2D eigenvalue weighted by molar-refractivity contribution is -0.115. The third-order valence-electron chi connectivity index (χ3n) is 2.97. The standard InChI is InChI=1S/C11H24O5Si/c1-12-17(3,13-2)8-4-5-14-9-11-10-15-6-7-16-11/h11H,4-10H2,1-3H3. The van der Waals surface area contributed by atoms with Gasteiger partial charge < -0.3 is 23.1 Å². The SMILES string of the molecule is CO[Si](C)(CCCOCC1COCCO1)OC. The van der Waals surface area contributed by atoms with Gasteiger partial charge in [-0.1, -0.05) is 0 Å². The van der Waals surface area contributed by atoms with Gasteiger partial charge in [-0.25, -0.2) is 0 Å². The van der Waals surface area contributed by atoms with E-state index in [0.29, 0.717) is 26.4 Å². The van der Waals surface area contributed by atoms with Crippen molar-refractivity contribution in [3.63, 3.8) is 0 Å². The summed E-state index contributed by atoms with van der Waals surface area (Å²) in [6, 6.07) is 0.946. The lowest BCUT2D eigenvalue weighted by Gasteiger charge is -2.24. The van der Waals surface area contributed by atoms with Gasteiger partial charge in [-0.05, 0) is 19.0 Å². The second-order valence-corrected chi connectivity index (χ2v) is 7.87. The molecule has 0 radical (unpaired) electrons. The van der Waals surface area contributed by atoms with Crippen LogP contribution in [-0.4, -0.2) is 61.9 Å². The van der Waals surface area contributed by atoms with Gasteiger partial charge >= 0.3 is 8.56 Å². The lowest BCUT2D eigenvalue weighted by atomic mass is 10.4. The molecule has 1 saturated heterocycles. The topological polar surface area (TPSA) is 46.2 Å². The van der Waals surface area contributed by atoms with E-state index in [4.69, 9.17) is 23.1 Å². The molecule has 1 heterocycles. The Morgan fingerprint density at radius 1 is 1.24 bits per heavy atom. The molecule has 0 bridgehead atoms. The first-order chi connectivity index (χ1) is 8.20. The molecule has 1 atom stereocenters. The molecule has 0 aromatic carbocycles. The van der Waals surface area contributed by atoms with Gasteiger partial charge in [-0.2, -0.15) is 0 Å². The molecule has 0 spiro atoms. The highest BCUT2D eigenvalue weighted by Crippen LogP contribution is 2.13. The van der Waals surface area contributed by atoms with Crippen molar-refractivity contribution < 1.29 is 23.1 Å². The Balaban J connectivity index is 2.00. The number of ether oxygens (including phenoxy) is 3. The second-order valence-electron chi connectivity index (χ2n) is 4.29. The predicted octanol–water partition coefficient (Wildman–Crippen LogP) is 1.17. The maximum atomic E-state index is 5.56. The van der Waals surface area contributed by atoms with Crippen LogP contribution in [0.4, 0.5) is 0 Å². The molecular weight excluding hydrogens is 240 g/mol. The van der Waals surface area contributed by atoms with Crippen LogP contribution in [0.1, 0.15) is 6.42 Å². The molecule has 102 valence electrons. The van der Waals surface area contributed by atoms with Crippen LogP contribution in [-0.2, 0) is 23.1 Å². The molecular formula is C11H24O5Si. The summed E-state index contributed by atoms with van der Waals surface area (Å²) >= 11 is 0. The van der Waals surface area contributed by atoms with Crippen molar-refractivity contribution in [1.29, 1.82) is 0 Å². The van der Waals surface area contributed by atoms with Crippen molar-refractivity contribution in [2.45, 2.75) is 25.1 Å². The highest BCUT2D eigenvalue weighted by Gasteiger charge is 2.27. The molecule has 0 aromatic rings. The molecule has 0 N–H and O–H groups in total. The highest BCUT2D eigenvalue weighted by molar-refractivity contribution is 6.65. The molecule has 1 fully saturated rings. The molecule has 1 aliphatic rings. The van der Waals surface area contributed by atoms with Crippen molar-refractivity contribution in [2.24, 2.45) is 0 Å². The van der Waals surface area contributed by atoms with Crippen LogP contribution in [0.2, 0.25) is 12.6 Å². The number of hydrogen-bond donors (Lipinski definition) is 0. The van der Waals surface area contributed by atoms with E-state index in [1.54, 1.807) is 14.2 Å². The van der Waals surface area contributed by atoms with E-state index < -0.39 is 8.56 Å². The molecule has 6 heteroatoms. The van der Waals surface area contributed by atoms with E-state index in [2.05, 4.69) is 6.55 Å². The first-order valence-corrected chi connectivity index (χ1v) is 8.60. The Kier molecular flexibility index (Phi) is 7.25. The third-order valence-corrected chi connectivity index (χ3v) is 5.96. The Hall–Kier alpha value is 0.0169. The zero-order valence-corrected chi connectivity index (χ0v) is 12.1. The minimum absolute atomic E-state index is 0.0947. The van der Waals surface area contributed by atoms with Crippen LogP contribution < -0.4 is 0 Å². The monoisotopic (exact) mass is 264 g/mol. The van der Waals surface area contributed by atoms with Gasteiger partial charge in [0.15, 0.2) is 0 Å². The van der Waals surface area contributed by atoms with Gasteiger partial charge in [0.25, 0.3) is 0 Å². The largest absolute Gasteiger partial charge is 0.398 e. The maximum absolute atomic E-state index is 5.56. The molecule has 0 aromatic heterocycles. The van der Waals surface area contributed by atoms with Gasteiger partial charge in [0.2, 0.25) is 0 Å². The van der Waals surface area contributed by atoms with Crippen molar-refractivity contribution >= 4 is 8.56 Å². The lowest BCUT2D eigenvalue weighted by Crippen LogP contribution is -2.36. The predicted molar refractivity (Wildman–Crippen MR) is 66.4 cm³/mol. The van der Waals surface area contributed by atoms with Gasteiger partial charge in [0.05, 0.1) is 26.4 Å². The molecule has 0 amide bonds. The van der Waals surface area contributed by atoms with Crippen LogP contribution in [0.3, 0.4) is 0 Å². The Morgan fingerprint density at radius 3 is 2.59 bits per heavy atom. The van der Waals surface area contributed by atoms with Crippen LogP contribution >= 0.6 is 0 Å². The van der Waals surface area contributed by atoms with Crippen molar-refractivity contribution in [1.82, 2.24) is 0 Å². The average Bonchev–Trinajstić information content (AvgIpc) is 2.39. The smallest absolute Gasteiger partial charge is 0.334 e. The maximum Gasteiger partial charge on any atom is 0.334 e.